The topological polar surface area (TPSA) is 62.1 Å². The average Bonchev–Trinajstić information content (AvgIpc) is 2.34. The average molecular weight is 258 g/mol. The Morgan fingerprint density at radius 1 is 1.50 bits per heavy atom. The minimum atomic E-state index is -4.58. The largest absolute Gasteiger partial charge is 0.468 e. The number of rotatable bonds is 3. The zero-order valence-electron chi connectivity index (χ0n) is 9.34. The lowest BCUT2D eigenvalue weighted by Gasteiger charge is -2.11. The number of nitrogens with zero attached hydrogens (tertiary/aromatic N) is 1. The van der Waals surface area contributed by atoms with E-state index in [4.69, 9.17) is 5.26 Å². The van der Waals surface area contributed by atoms with Crippen molar-refractivity contribution in [3.05, 3.63) is 29.3 Å². The van der Waals surface area contributed by atoms with Gasteiger partial charge in [-0.15, -0.1) is 0 Å². The molecule has 96 valence electrons. The monoisotopic (exact) mass is 258 g/mol. The number of nitrogens with one attached hydrogen (secondary N) is 1. The third-order valence-electron chi connectivity index (χ3n) is 2.11. The Balaban J connectivity index is 2.93. The van der Waals surface area contributed by atoms with E-state index in [1.54, 1.807) is 0 Å². The Labute approximate surface area is 101 Å². The number of alkyl halides is 3. The van der Waals surface area contributed by atoms with E-state index in [0.29, 0.717) is 0 Å². The summed E-state index contributed by atoms with van der Waals surface area (Å²) in [6, 6.07) is 4.44. The van der Waals surface area contributed by atoms with Crippen LogP contribution in [0.2, 0.25) is 0 Å². The van der Waals surface area contributed by atoms with Gasteiger partial charge in [0.05, 0.1) is 24.3 Å². The molecular weight excluding hydrogens is 249 g/mol. The maximum atomic E-state index is 12.5. The fourth-order valence-corrected chi connectivity index (χ4v) is 1.24. The molecule has 0 aliphatic rings. The van der Waals surface area contributed by atoms with Crippen molar-refractivity contribution >= 4 is 11.7 Å². The van der Waals surface area contributed by atoms with E-state index >= 15 is 0 Å². The zero-order chi connectivity index (χ0) is 13.8. The van der Waals surface area contributed by atoms with Crippen molar-refractivity contribution < 1.29 is 22.7 Å². The van der Waals surface area contributed by atoms with Crippen LogP contribution in [-0.4, -0.2) is 19.6 Å². The number of carbonyl (C=O) groups is 1. The first-order chi connectivity index (χ1) is 8.38. The third kappa shape index (κ3) is 3.38. The Morgan fingerprint density at radius 2 is 2.17 bits per heavy atom. The first-order valence-electron chi connectivity index (χ1n) is 4.80. The van der Waals surface area contributed by atoms with Crippen LogP contribution in [0.15, 0.2) is 18.2 Å². The van der Waals surface area contributed by atoms with Crippen LogP contribution in [0.25, 0.3) is 0 Å². The van der Waals surface area contributed by atoms with Gasteiger partial charge in [-0.25, -0.2) is 0 Å². The lowest BCUT2D eigenvalue weighted by molar-refractivity contribution is -0.139. The molecular formula is C11H9F3N2O2. The molecule has 0 aliphatic carbocycles. The number of benzene rings is 1. The van der Waals surface area contributed by atoms with Gasteiger partial charge in [0.2, 0.25) is 0 Å². The van der Waals surface area contributed by atoms with Gasteiger partial charge in [-0.1, -0.05) is 0 Å². The molecule has 18 heavy (non-hydrogen) atoms. The summed E-state index contributed by atoms with van der Waals surface area (Å²) < 4.78 is 41.8. The Bertz CT molecular complexity index is 492. The predicted molar refractivity (Wildman–Crippen MR) is 56.7 cm³/mol. The van der Waals surface area contributed by atoms with Gasteiger partial charge in [-0.3, -0.25) is 4.79 Å². The second kappa shape index (κ2) is 5.40. The molecule has 0 radical (unpaired) electrons. The molecule has 1 N–H and O–H groups in total. The second-order valence-corrected chi connectivity index (χ2v) is 3.30. The van der Waals surface area contributed by atoms with E-state index in [-0.39, 0.29) is 12.2 Å². The normalized spacial score (nSPS) is 10.6. The molecule has 0 saturated heterocycles. The van der Waals surface area contributed by atoms with Gasteiger partial charge in [-0.2, -0.15) is 18.4 Å². The van der Waals surface area contributed by atoms with Crippen LogP contribution in [0.5, 0.6) is 0 Å². The summed E-state index contributed by atoms with van der Waals surface area (Å²) in [7, 11) is 1.19. The molecule has 7 heteroatoms. The second-order valence-electron chi connectivity index (χ2n) is 3.30. The van der Waals surface area contributed by atoms with E-state index in [2.05, 4.69) is 10.1 Å². The molecule has 0 aliphatic heterocycles. The van der Waals surface area contributed by atoms with E-state index < -0.39 is 23.3 Å². The predicted octanol–water partition coefficient (Wildman–Crippen LogP) is 2.16. The van der Waals surface area contributed by atoms with Crippen LogP contribution in [0.1, 0.15) is 11.1 Å². The Hall–Kier alpha value is -2.23. The van der Waals surface area contributed by atoms with Crippen molar-refractivity contribution in [2.45, 2.75) is 6.18 Å². The molecule has 0 saturated carbocycles. The van der Waals surface area contributed by atoms with Crippen molar-refractivity contribution in [3.63, 3.8) is 0 Å². The van der Waals surface area contributed by atoms with Crippen molar-refractivity contribution in [3.8, 4) is 6.07 Å². The summed E-state index contributed by atoms with van der Waals surface area (Å²) in [5.74, 6) is -0.562. The molecule has 0 fully saturated rings. The molecule has 0 unspecified atom stereocenters. The number of hydrogen-bond donors (Lipinski definition) is 1. The minimum absolute atomic E-state index is 0.188. The quantitative estimate of drug-likeness (QED) is 0.844. The van der Waals surface area contributed by atoms with Gasteiger partial charge >= 0.3 is 12.1 Å². The number of nitriles is 1. The molecule has 1 rings (SSSR count). The van der Waals surface area contributed by atoms with Gasteiger partial charge in [-0.05, 0) is 18.2 Å². The lowest BCUT2D eigenvalue weighted by Crippen LogP contribution is -2.15. The van der Waals surface area contributed by atoms with Crippen LogP contribution in [0.4, 0.5) is 18.9 Å². The molecule has 0 aromatic heterocycles. The number of esters is 1. The third-order valence-corrected chi connectivity index (χ3v) is 2.11. The van der Waals surface area contributed by atoms with Crippen LogP contribution in [-0.2, 0) is 15.7 Å². The minimum Gasteiger partial charge on any atom is -0.468 e. The Morgan fingerprint density at radius 3 is 2.67 bits per heavy atom. The summed E-state index contributed by atoms with van der Waals surface area (Å²) in [6.45, 7) is -0.188. The highest BCUT2D eigenvalue weighted by molar-refractivity contribution is 5.75. The van der Waals surface area contributed by atoms with Gasteiger partial charge in [0, 0.05) is 5.69 Å². The molecule has 0 atom stereocenters. The van der Waals surface area contributed by atoms with E-state index in [1.807, 2.05) is 0 Å². The zero-order valence-corrected chi connectivity index (χ0v) is 9.34. The van der Waals surface area contributed by atoms with Crippen molar-refractivity contribution in [1.29, 1.82) is 5.26 Å². The van der Waals surface area contributed by atoms with Crippen LogP contribution >= 0.6 is 0 Å². The van der Waals surface area contributed by atoms with Gasteiger partial charge in [0.15, 0.2) is 0 Å². The van der Waals surface area contributed by atoms with Crippen LogP contribution in [0, 0.1) is 11.3 Å². The van der Waals surface area contributed by atoms with Gasteiger partial charge in [0.25, 0.3) is 0 Å². The number of methoxy groups -OCH3 is 1. The number of anilines is 1. The summed E-state index contributed by atoms with van der Waals surface area (Å²) in [6.07, 6.45) is -4.58. The molecule has 0 spiro atoms. The number of hydrogen-bond acceptors (Lipinski definition) is 4. The van der Waals surface area contributed by atoms with E-state index in [0.717, 1.165) is 18.2 Å². The van der Waals surface area contributed by atoms with Crippen LogP contribution in [0.3, 0.4) is 0 Å². The molecule has 1 aromatic rings. The smallest absolute Gasteiger partial charge is 0.417 e. The van der Waals surface area contributed by atoms with Crippen molar-refractivity contribution in [2.75, 3.05) is 19.0 Å². The summed E-state index contributed by atoms with van der Waals surface area (Å²) in [5.41, 5.74) is -1.27. The summed E-state index contributed by atoms with van der Waals surface area (Å²) in [5, 5.41) is 11.2. The molecule has 0 bridgehead atoms. The van der Waals surface area contributed by atoms with Gasteiger partial charge < -0.3 is 10.1 Å². The van der Waals surface area contributed by atoms with Gasteiger partial charge in [0.1, 0.15) is 6.54 Å². The fourth-order valence-electron chi connectivity index (χ4n) is 1.24. The number of ether oxygens (including phenoxy) is 1. The molecule has 4 nitrogen and oxygen atoms in total. The van der Waals surface area contributed by atoms with Crippen molar-refractivity contribution in [1.82, 2.24) is 0 Å². The maximum absolute atomic E-state index is 12.5. The van der Waals surface area contributed by atoms with Crippen molar-refractivity contribution in [2.24, 2.45) is 0 Å². The number of carbonyl (C=O) groups excluding carboxylic acids is 1. The van der Waals surface area contributed by atoms with E-state index in [1.165, 1.54) is 13.2 Å². The van der Waals surface area contributed by atoms with Crippen LogP contribution < -0.4 is 5.32 Å². The maximum Gasteiger partial charge on any atom is 0.417 e. The molecule has 0 heterocycles. The highest BCUT2D eigenvalue weighted by atomic mass is 19.4. The highest BCUT2D eigenvalue weighted by Crippen LogP contribution is 2.32. The lowest BCUT2D eigenvalue weighted by atomic mass is 10.1. The molecule has 1 aromatic carbocycles. The van der Waals surface area contributed by atoms with E-state index in [9.17, 15) is 18.0 Å². The highest BCUT2D eigenvalue weighted by Gasteiger charge is 2.33. The Kier molecular flexibility index (Phi) is 4.15. The first-order valence-corrected chi connectivity index (χ1v) is 4.80. The fraction of sp³-hybridized carbons (Fsp3) is 0.273. The first kappa shape index (κ1) is 13.8. The SMILES string of the molecule is COC(=O)CNc1ccc(C(F)(F)F)c(C#N)c1. The summed E-state index contributed by atoms with van der Waals surface area (Å²) >= 11 is 0. The summed E-state index contributed by atoms with van der Waals surface area (Å²) in [4.78, 5) is 10.8. The standard InChI is InChI=1S/C11H9F3N2O2/c1-18-10(17)6-16-8-2-3-9(11(12,13)14)7(4-8)5-15/h2-4,16H,6H2,1H3. The molecule has 0 amide bonds. The number of halogens is 3.